The molecule has 0 radical (unpaired) electrons. The molecule has 0 amide bonds. The molecule has 1 atom stereocenters. The van der Waals surface area contributed by atoms with Crippen molar-refractivity contribution in [3.05, 3.63) is 54.0 Å². The van der Waals surface area contributed by atoms with Gasteiger partial charge in [0.05, 0.1) is 0 Å². The molecule has 7 heteroatoms. The van der Waals surface area contributed by atoms with Crippen LogP contribution in [0.15, 0.2) is 42.7 Å². The van der Waals surface area contributed by atoms with Gasteiger partial charge in [0.25, 0.3) is 6.43 Å². The molecule has 0 aliphatic rings. The van der Waals surface area contributed by atoms with Crippen molar-refractivity contribution in [3.63, 3.8) is 0 Å². The fourth-order valence-electron chi connectivity index (χ4n) is 2.23. The number of rotatable bonds is 8. The van der Waals surface area contributed by atoms with E-state index in [2.05, 4.69) is 15.3 Å². The highest BCUT2D eigenvalue weighted by Gasteiger charge is 2.19. The van der Waals surface area contributed by atoms with Crippen LogP contribution in [0.2, 0.25) is 0 Å². The van der Waals surface area contributed by atoms with E-state index in [1.54, 1.807) is 0 Å². The van der Waals surface area contributed by atoms with Crippen molar-refractivity contribution in [1.29, 1.82) is 0 Å². The van der Waals surface area contributed by atoms with Gasteiger partial charge >= 0.3 is 5.97 Å². The maximum atomic E-state index is 13.0. The smallest absolute Gasteiger partial charge is 0.303 e. The van der Waals surface area contributed by atoms with Crippen molar-refractivity contribution in [2.24, 2.45) is 0 Å². The van der Waals surface area contributed by atoms with E-state index in [0.29, 0.717) is 12.8 Å². The number of hydrogen-bond donors (Lipinski definition) is 2. The molecule has 1 heterocycles. The van der Waals surface area contributed by atoms with Gasteiger partial charge in [-0.25, -0.2) is 18.7 Å². The summed E-state index contributed by atoms with van der Waals surface area (Å²) in [6, 6.07) is 9.09. The number of nitrogens with zero attached hydrogens (tertiary/aromatic N) is 2. The zero-order chi connectivity index (χ0) is 16.7. The average molecular weight is 321 g/mol. The molecule has 0 bridgehead atoms. The molecule has 2 N–H and O–H groups in total. The van der Waals surface area contributed by atoms with Gasteiger partial charge < -0.3 is 10.4 Å². The van der Waals surface area contributed by atoms with Crippen LogP contribution in [0.25, 0.3) is 0 Å². The molecule has 0 spiro atoms. The van der Waals surface area contributed by atoms with E-state index in [0.717, 1.165) is 5.56 Å². The van der Waals surface area contributed by atoms with E-state index in [4.69, 9.17) is 5.11 Å². The molecule has 2 rings (SSSR count). The number of nitrogens with one attached hydrogen (secondary N) is 1. The van der Waals surface area contributed by atoms with E-state index < -0.39 is 18.1 Å². The van der Waals surface area contributed by atoms with Crippen LogP contribution < -0.4 is 5.32 Å². The lowest BCUT2D eigenvalue weighted by Crippen LogP contribution is -2.25. The Hall–Kier alpha value is -2.57. The summed E-state index contributed by atoms with van der Waals surface area (Å²) in [6.45, 7) is 0. The lowest BCUT2D eigenvalue weighted by Gasteiger charge is -2.20. The summed E-state index contributed by atoms with van der Waals surface area (Å²) in [5.74, 6) is -0.938. The number of carbonyl (C=O) groups is 1. The van der Waals surface area contributed by atoms with Crippen LogP contribution in [-0.4, -0.2) is 27.1 Å². The Morgan fingerprint density at radius 3 is 2.52 bits per heavy atom. The second-order valence-electron chi connectivity index (χ2n) is 5.05. The molecule has 122 valence electrons. The van der Waals surface area contributed by atoms with Crippen LogP contribution >= 0.6 is 0 Å². The summed E-state index contributed by atoms with van der Waals surface area (Å²) in [5.41, 5.74) is 0.554. The van der Waals surface area contributed by atoms with Gasteiger partial charge in [-0.1, -0.05) is 30.3 Å². The Bertz CT molecular complexity index is 638. The zero-order valence-corrected chi connectivity index (χ0v) is 12.3. The average Bonchev–Trinajstić information content (AvgIpc) is 2.54. The number of halogens is 2. The predicted octanol–water partition coefficient (Wildman–Crippen LogP) is 3.30. The van der Waals surface area contributed by atoms with E-state index >= 15 is 0 Å². The van der Waals surface area contributed by atoms with E-state index in [9.17, 15) is 13.6 Å². The Balaban J connectivity index is 2.15. The minimum Gasteiger partial charge on any atom is -0.481 e. The fraction of sp³-hybridized carbons (Fsp3) is 0.312. The second-order valence-corrected chi connectivity index (χ2v) is 5.05. The highest BCUT2D eigenvalue weighted by Crippen LogP contribution is 2.24. The number of aromatic nitrogens is 2. The molecule has 0 saturated heterocycles. The molecule has 1 aromatic carbocycles. The second kappa shape index (κ2) is 8.17. The zero-order valence-electron chi connectivity index (χ0n) is 12.3. The maximum Gasteiger partial charge on any atom is 0.303 e. The monoisotopic (exact) mass is 321 g/mol. The third kappa shape index (κ3) is 5.28. The number of alkyl halides is 2. The number of hydrogen-bond acceptors (Lipinski definition) is 4. The van der Waals surface area contributed by atoms with Gasteiger partial charge in [-0.3, -0.25) is 4.79 Å². The molecular weight excluding hydrogens is 304 g/mol. The van der Waals surface area contributed by atoms with Crippen molar-refractivity contribution in [3.8, 4) is 0 Å². The first-order chi connectivity index (χ1) is 11.1. The van der Waals surface area contributed by atoms with Crippen LogP contribution in [0.5, 0.6) is 0 Å². The summed E-state index contributed by atoms with van der Waals surface area (Å²) in [7, 11) is 0. The Morgan fingerprint density at radius 1 is 1.17 bits per heavy atom. The Kier molecular flexibility index (Phi) is 5.96. The van der Waals surface area contributed by atoms with Gasteiger partial charge in [-0.15, -0.1) is 0 Å². The molecule has 1 aromatic heterocycles. The number of anilines is 1. The quantitative estimate of drug-likeness (QED) is 0.780. The first-order valence-electron chi connectivity index (χ1n) is 7.17. The van der Waals surface area contributed by atoms with Gasteiger partial charge in [0.2, 0.25) is 0 Å². The van der Waals surface area contributed by atoms with E-state index in [1.807, 2.05) is 30.3 Å². The summed E-state index contributed by atoms with van der Waals surface area (Å²) < 4.78 is 26.0. The first-order valence-corrected chi connectivity index (χ1v) is 7.17. The Morgan fingerprint density at radius 2 is 1.87 bits per heavy atom. The molecule has 0 aliphatic carbocycles. The van der Waals surface area contributed by atoms with Gasteiger partial charge in [0, 0.05) is 24.9 Å². The minimum absolute atomic E-state index is 0.00572. The fourth-order valence-corrected chi connectivity index (χ4v) is 2.23. The Labute approximate surface area is 132 Å². The number of benzene rings is 1. The summed E-state index contributed by atoms with van der Waals surface area (Å²) in [4.78, 5) is 18.4. The van der Waals surface area contributed by atoms with E-state index in [1.165, 1.54) is 12.4 Å². The normalized spacial score (nSPS) is 12.1. The molecule has 0 saturated carbocycles. The maximum absolute atomic E-state index is 13.0. The van der Waals surface area contributed by atoms with Crippen molar-refractivity contribution in [2.75, 3.05) is 5.32 Å². The number of carboxylic acids is 1. The lowest BCUT2D eigenvalue weighted by atomic mass is 10.0. The summed E-state index contributed by atoms with van der Waals surface area (Å²) in [5, 5.41) is 11.8. The molecule has 1 unspecified atom stereocenters. The minimum atomic E-state index is -2.75. The highest BCUT2D eigenvalue weighted by atomic mass is 19.3. The molecule has 23 heavy (non-hydrogen) atoms. The topological polar surface area (TPSA) is 75.1 Å². The molecule has 0 fully saturated rings. The van der Waals surface area contributed by atoms with Gasteiger partial charge in [0.1, 0.15) is 5.69 Å². The van der Waals surface area contributed by atoms with Crippen LogP contribution in [0, 0.1) is 0 Å². The number of aliphatic carboxylic acids is 1. The van der Waals surface area contributed by atoms with Crippen molar-refractivity contribution in [2.45, 2.75) is 31.7 Å². The van der Waals surface area contributed by atoms with Crippen LogP contribution in [0.4, 0.5) is 14.6 Å². The number of carboxylic acid groups (broad SMARTS) is 1. The third-order valence-electron chi connectivity index (χ3n) is 3.31. The standard InChI is InChI=1S/C16H17F2N3O2/c17-15(18)14-16(20-9-8-19-14)21-12(6-7-13(22)23)10-11-4-2-1-3-5-11/h1-5,8-9,12,15H,6-7,10H2,(H,20,21)(H,22,23). The van der Waals surface area contributed by atoms with Crippen LogP contribution in [0.3, 0.4) is 0 Å². The van der Waals surface area contributed by atoms with E-state index in [-0.39, 0.29) is 18.3 Å². The van der Waals surface area contributed by atoms with Gasteiger partial charge in [-0.2, -0.15) is 0 Å². The summed E-state index contributed by atoms with van der Waals surface area (Å²) in [6.07, 6.45) is 0.523. The highest BCUT2D eigenvalue weighted by molar-refractivity contribution is 5.66. The predicted molar refractivity (Wildman–Crippen MR) is 81.4 cm³/mol. The lowest BCUT2D eigenvalue weighted by molar-refractivity contribution is -0.137. The molecular formula is C16H17F2N3O2. The van der Waals surface area contributed by atoms with Gasteiger partial charge in [0.15, 0.2) is 5.82 Å². The molecule has 0 aliphatic heterocycles. The van der Waals surface area contributed by atoms with Crippen molar-refractivity contribution >= 4 is 11.8 Å². The molecule has 5 nitrogen and oxygen atoms in total. The van der Waals surface area contributed by atoms with Crippen molar-refractivity contribution in [1.82, 2.24) is 9.97 Å². The van der Waals surface area contributed by atoms with Crippen LogP contribution in [0.1, 0.15) is 30.5 Å². The molecule has 2 aromatic rings. The third-order valence-corrected chi connectivity index (χ3v) is 3.31. The first kappa shape index (κ1) is 16.8. The summed E-state index contributed by atoms with van der Waals surface area (Å²) >= 11 is 0. The SMILES string of the molecule is O=C(O)CCC(Cc1ccccc1)Nc1nccnc1C(F)F. The largest absolute Gasteiger partial charge is 0.481 e. The van der Waals surface area contributed by atoms with Crippen LogP contribution in [-0.2, 0) is 11.2 Å². The van der Waals surface area contributed by atoms with Gasteiger partial charge in [-0.05, 0) is 18.4 Å². The van der Waals surface area contributed by atoms with Crippen molar-refractivity contribution < 1.29 is 18.7 Å².